The summed E-state index contributed by atoms with van der Waals surface area (Å²) in [7, 11) is 0. The summed E-state index contributed by atoms with van der Waals surface area (Å²) in [6, 6.07) is 5.27. The van der Waals surface area contributed by atoms with Gasteiger partial charge in [-0.3, -0.25) is 4.98 Å². The molecule has 6 N–H and O–H groups in total. The van der Waals surface area contributed by atoms with Crippen molar-refractivity contribution in [2.75, 3.05) is 0 Å². The van der Waals surface area contributed by atoms with Crippen LogP contribution in [0.2, 0.25) is 0 Å². The summed E-state index contributed by atoms with van der Waals surface area (Å²) in [5, 5.41) is 0. The number of unbranched alkanes of at least 4 members (excludes halogenated alkanes) is 2. The Bertz CT molecular complexity index is 297. The summed E-state index contributed by atoms with van der Waals surface area (Å²) < 4.78 is 0. The second-order valence-corrected chi connectivity index (χ2v) is 4.25. The molecule has 1 heterocycles. The summed E-state index contributed by atoms with van der Waals surface area (Å²) in [5.41, 5.74) is 17.8. The fourth-order valence-electron chi connectivity index (χ4n) is 1.66. The molecule has 1 unspecified atom stereocenters. The summed E-state index contributed by atoms with van der Waals surface area (Å²) in [4.78, 5) is 4.17. The smallest absolute Gasteiger partial charge is 0.123 e. The Morgan fingerprint density at radius 3 is 2.62 bits per heavy atom. The predicted molar refractivity (Wildman–Crippen MR) is 66.4 cm³/mol. The van der Waals surface area contributed by atoms with Crippen molar-refractivity contribution < 1.29 is 0 Å². The molecule has 4 heteroatoms. The monoisotopic (exact) mass is 222 g/mol. The van der Waals surface area contributed by atoms with E-state index in [1.807, 2.05) is 18.2 Å². The number of pyridine rings is 1. The molecule has 1 rings (SSSR count). The molecule has 0 aliphatic heterocycles. The van der Waals surface area contributed by atoms with Crippen molar-refractivity contribution >= 4 is 0 Å². The first-order chi connectivity index (χ1) is 7.59. The van der Waals surface area contributed by atoms with E-state index >= 15 is 0 Å². The van der Waals surface area contributed by atoms with Crippen LogP contribution in [0.15, 0.2) is 24.4 Å². The highest BCUT2D eigenvalue weighted by Gasteiger charge is 2.30. The van der Waals surface area contributed by atoms with Crippen LogP contribution < -0.4 is 17.2 Å². The van der Waals surface area contributed by atoms with Gasteiger partial charge in [-0.1, -0.05) is 32.3 Å². The highest BCUT2D eigenvalue weighted by molar-refractivity contribution is 5.16. The van der Waals surface area contributed by atoms with Gasteiger partial charge in [0.15, 0.2) is 0 Å². The molecule has 0 fully saturated rings. The zero-order valence-electron chi connectivity index (χ0n) is 9.89. The standard InChI is InChI=1S/C12H22N4/c1-2-3-4-7-10(13)12(14,15)11-8-5-6-9-16-11/h5-6,8-10H,2-4,7,13-15H2,1H3. The van der Waals surface area contributed by atoms with E-state index in [-0.39, 0.29) is 6.04 Å². The third kappa shape index (κ3) is 3.27. The normalized spacial score (nSPS) is 13.8. The molecule has 0 aliphatic rings. The van der Waals surface area contributed by atoms with Crippen LogP contribution in [0.5, 0.6) is 0 Å². The Morgan fingerprint density at radius 1 is 1.31 bits per heavy atom. The first-order valence-corrected chi connectivity index (χ1v) is 5.84. The highest BCUT2D eigenvalue weighted by Crippen LogP contribution is 2.16. The third-order valence-corrected chi connectivity index (χ3v) is 2.84. The molecule has 1 aromatic heterocycles. The summed E-state index contributed by atoms with van der Waals surface area (Å²) in [5.74, 6) is 0. The van der Waals surface area contributed by atoms with Crippen molar-refractivity contribution in [3.8, 4) is 0 Å². The minimum atomic E-state index is -1.03. The van der Waals surface area contributed by atoms with Gasteiger partial charge in [0.05, 0.1) is 5.69 Å². The maximum atomic E-state index is 6.05. The van der Waals surface area contributed by atoms with E-state index in [1.54, 1.807) is 6.20 Å². The molecule has 1 atom stereocenters. The number of hydrogen-bond donors (Lipinski definition) is 3. The van der Waals surface area contributed by atoms with Crippen LogP contribution in [0.4, 0.5) is 0 Å². The van der Waals surface area contributed by atoms with E-state index in [0.717, 1.165) is 19.3 Å². The van der Waals surface area contributed by atoms with Gasteiger partial charge in [0, 0.05) is 12.2 Å². The number of hydrogen-bond acceptors (Lipinski definition) is 4. The lowest BCUT2D eigenvalue weighted by atomic mass is 9.93. The highest BCUT2D eigenvalue weighted by atomic mass is 15.0. The van der Waals surface area contributed by atoms with Crippen LogP contribution in [0.3, 0.4) is 0 Å². The fourth-order valence-corrected chi connectivity index (χ4v) is 1.66. The van der Waals surface area contributed by atoms with Gasteiger partial charge in [-0.25, -0.2) is 0 Å². The lowest BCUT2D eigenvalue weighted by Crippen LogP contribution is -2.59. The molecule has 0 aliphatic carbocycles. The zero-order valence-corrected chi connectivity index (χ0v) is 9.89. The number of nitrogens with zero attached hydrogens (tertiary/aromatic N) is 1. The SMILES string of the molecule is CCCCCC(N)C(N)(N)c1ccccn1. The number of nitrogens with two attached hydrogens (primary N) is 3. The number of aromatic nitrogens is 1. The molecule has 4 nitrogen and oxygen atoms in total. The average Bonchev–Trinajstić information content (AvgIpc) is 2.30. The van der Waals surface area contributed by atoms with Gasteiger partial charge in [0.1, 0.15) is 5.66 Å². The molecule has 1 aromatic rings. The topological polar surface area (TPSA) is 91.0 Å². The second kappa shape index (κ2) is 5.94. The van der Waals surface area contributed by atoms with E-state index in [1.165, 1.54) is 6.42 Å². The molecule has 0 bridgehead atoms. The van der Waals surface area contributed by atoms with Crippen molar-refractivity contribution in [3.05, 3.63) is 30.1 Å². The Balaban J connectivity index is 2.62. The average molecular weight is 222 g/mol. The Morgan fingerprint density at radius 2 is 2.06 bits per heavy atom. The zero-order chi connectivity index (χ0) is 12.0. The summed E-state index contributed by atoms with van der Waals surface area (Å²) in [6.07, 6.45) is 5.89. The van der Waals surface area contributed by atoms with Crippen molar-refractivity contribution in [1.29, 1.82) is 0 Å². The molecule has 0 aromatic carbocycles. The third-order valence-electron chi connectivity index (χ3n) is 2.84. The van der Waals surface area contributed by atoms with Gasteiger partial charge in [-0.15, -0.1) is 0 Å². The summed E-state index contributed by atoms with van der Waals surface area (Å²) >= 11 is 0. The minimum Gasteiger partial charge on any atom is -0.325 e. The van der Waals surface area contributed by atoms with Gasteiger partial charge in [-0.2, -0.15) is 0 Å². The predicted octanol–water partition coefficient (Wildman–Crippen LogP) is 1.06. The molecule has 0 saturated carbocycles. The van der Waals surface area contributed by atoms with Crippen LogP contribution in [0, 0.1) is 0 Å². The Labute approximate surface area is 97.2 Å². The van der Waals surface area contributed by atoms with Crippen molar-refractivity contribution in [3.63, 3.8) is 0 Å². The molecule has 0 amide bonds. The molecule has 0 spiro atoms. The lowest BCUT2D eigenvalue weighted by Gasteiger charge is -2.30. The Kier molecular flexibility index (Phi) is 4.86. The minimum absolute atomic E-state index is 0.256. The molecule has 90 valence electrons. The van der Waals surface area contributed by atoms with Crippen LogP contribution in [-0.4, -0.2) is 11.0 Å². The molecular formula is C12H22N4. The van der Waals surface area contributed by atoms with Gasteiger partial charge in [0.2, 0.25) is 0 Å². The van der Waals surface area contributed by atoms with Crippen LogP contribution in [0.25, 0.3) is 0 Å². The van der Waals surface area contributed by atoms with E-state index in [4.69, 9.17) is 17.2 Å². The molecule has 16 heavy (non-hydrogen) atoms. The van der Waals surface area contributed by atoms with Crippen molar-refractivity contribution in [2.24, 2.45) is 17.2 Å². The first-order valence-electron chi connectivity index (χ1n) is 5.84. The van der Waals surface area contributed by atoms with Gasteiger partial charge < -0.3 is 17.2 Å². The van der Waals surface area contributed by atoms with E-state index in [9.17, 15) is 0 Å². The maximum Gasteiger partial charge on any atom is 0.123 e. The summed E-state index contributed by atoms with van der Waals surface area (Å²) in [6.45, 7) is 2.16. The first kappa shape index (κ1) is 13.1. The van der Waals surface area contributed by atoms with Gasteiger partial charge >= 0.3 is 0 Å². The van der Waals surface area contributed by atoms with Gasteiger partial charge in [0.25, 0.3) is 0 Å². The second-order valence-electron chi connectivity index (χ2n) is 4.25. The van der Waals surface area contributed by atoms with Crippen LogP contribution >= 0.6 is 0 Å². The molecular weight excluding hydrogens is 200 g/mol. The Hall–Kier alpha value is -0.970. The quantitative estimate of drug-likeness (QED) is 0.496. The van der Waals surface area contributed by atoms with Crippen molar-refractivity contribution in [2.45, 2.75) is 44.3 Å². The van der Waals surface area contributed by atoms with E-state index in [0.29, 0.717) is 5.69 Å². The van der Waals surface area contributed by atoms with Crippen LogP contribution in [-0.2, 0) is 5.66 Å². The van der Waals surface area contributed by atoms with Crippen molar-refractivity contribution in [1.82, 2.24) is 4.98 Å². The fraction of sp³-hybridized carbons (Fsp3) is 0.583. The van der Waals surface area contributed by atoms with Gasteiger partial charge in [-0.05, 0) is 18.6 Å². The lowest BCUT2D eigenvalue weighted by molar-refractivity contribution is 0.331. The largest absolute Gasteiger partial charge is 0.325 e. The maximum absolute atomic E-state index is 6.05. The molecule has 0 saturated heterocycles. The van der Waals surface area contributed by atoms with Crippen LogP contribution in [0.1, 0.15) is 38.3 Å². The van der Waals surface area contributed by atoms with E-state index < -0.39 is 5.66 Å². The number of rotatable bonds is 6. The van der Waals surface area contributed by atoms with E-state index in [2.05, 4.69) is 11.9 Å². The molecule has 0 radical (unpaired) electrons.